The van der Waals surface area contributed by atoms with Gasteiger partial charge in [-0.15, -0.1) is 12.4 Å². The zero-order valence-electron chi connectivity index (χ0n) is 14.4. The van der Waals surface area contributed by atoms with Crippen LogP contribution in [0.3, 0.4) is 0 Å². The summed E-state index contributed by atoms with van der Waals surface area (Å²) in [5.41, 5.74) is 0.508. The third-order valence-electron chi connectivity index (χ3n) is 4.56. The summed E-state index contributed by atoms with van der Waals surface area (Å²) in [5, 5.41) is 20.1. The van der Waals surface area contributed by atoms with Crippen LogP contribution in [0.4, 0.5) is 11.4 Å². The summed E-state index contributed by atoms with van der Waals surface area (Å²) < 4.78 is 1.12. The van der Waals surface area contributed by atoms with E-state index in [1.54, 1.807) is 36.5 Å². The van der Waals surface area contributed by atoms with Crippen molar-refractivity contribution in [2.45, 2.75) is 0 Å². The van der Waals surface area contributed by atoms with Crippen LogP contribution in [0, 0.1) is 10.1 Å². The van der Waals surface area contributed by atoms with E-state index in [4.69, 9.17) is 0 Å². The largest absolute Gasteiger partial charge is 0.369 e. The van der Waals surface area contributed by atoms with Crippen molar-refractivity contribution in [1.82, 2.24) is 15.1 Å². The van der Waals surface area contributed by atoms with E-state index in [0.29, 0.717) is 10.8 Å². The molecular formula is C18H18ClN5O3. The molecule has 1 aliphatic heterocycles. The summed E-state index contributed by atoms with van der Waals surface area (Å²) in [4.78, 5) is 26.0. The number of hydrogen-bond acceptors (Lipinski definition) is 6. The van der Waals surface area contributed by atoms with Crippen LogP contribution in [0.25, 0.3) is 16.5 Å². The Morgan fingerprint density at radius 3 is 2.59 bits per heavy atom. The Morgan fingerprint density at radius 2 is 1.85 bits per heavy atom. The Bertz CT molecular complexity index is 1050. The van der Waals surface area contributed by atoms with E-state index in [-0.39, 0.29) is 29.3 Å². The van der Waals surface area contributed by atoms with Crippen LogP contribution in [0.5, 0.6) is 0 Å². The van der Waals surface area contributed by atoms with E-state index in [1.165, 1.54) is 6.07 Å². The van der Waals surface area contributed by atoms with Crippen molar-refractivity contribution < 1.29 is 4.92 Å². The second kappa shape index (κ2) is 7.73. The highest BCUT2D eigenvalue weighted by Gasteiger charge is 2.21. The third-order valence-corrected chi connectivity index (χ3v) is 4.56. The zero-order valence-corrected chi connectivity index (χ0v) is 15.2. The smallest absolute Gasteiger partial charge is 0.295 e. The molecule has 0 unspecified atom stereocenters. The molecule has 3 aromatic rings. The Labute approximate surface area is 161 Å². The molecule has 0 bridgehead atoms. The van der Waals surface area contributed by atoms with Crippen molar-refractivity contribution >= 4 is 34.6 Å². The molecule has 4 rings (SSSR count). The van der Waals surface area contributed by atoms with Crippen molar-refractivity contribution in [3.05, 3.63) is 69.1 Å². The number of halogens is 1. The van der Waals surface area contributed by atoms with Gasteiger partial charge in [0.2, 0.25) is 0 Å². The predicted molar refractivity (Wildman–Crippen MR) is 106 cm³/mol. The van der Waals surface area contributed by atoms with Gasteiger partial charge in [0, 0.05) is 43.3 Å². The zero-order chi connectivity index (χ0) is 18.1. The van der Waals surface area contributed by atoms with Crippen LogP contribution in [0.2, 0.25) is 0 Å². The molecule has 8 nitrogen and oxygen atoms in total. The summed E-state index contributed by atoms with van der Waals surface area (Å²) in [6, 6.07) is 11.9. The van der Waals surface area contributed by atoms with E-state index in [1.807, 2.05) is 6.07 Å². The average Bonchev–Trinajstić information content (AvgIpc) is 2.69. The van der Waals surface area contributed by atoms with Crippen molar-refractivity contribution in [3.63, 3.8) is 0 Å². The maximum atomic E-state index is 12.8. The minimum Gasteiger partial charge on any atom is -0.369 e. The molecule has 1 N–H and O–H groups in total. The van der Waals surface area contributed by atoms with Crippen molar-refractivity contribution in [2.24, 2.45) is 0 Å². The minimum atomic E-state index is -0.486. The number of anilines is 1. The number of fused-ring (bicyclic) bond motifs is 1. The molecule has 27 heavy (non-hydrogen) atoms. The maximum absolute atomic E-state index is 12.8. The average molecular weight is 388 g/mol. The monoisotopic (exact) mass is 387 g/mol. The number of nitro benzene ring substituents is 1. The molecule has 140 valence electrons. The van der Waals surface area contributed by atoms with Crippen LogP contribution in [0.15, 0.2) is 53.5 Å². The Hall–Kier alpha value is -2.97. The van der Waals surface area contributed by atoms with Gasteiger partial charge < -0.3 is 10.2 Å². The van der Waals surface area contributed by atoms with Gasteiger partial charge >= 0.3 is 0 Å². The van der Waals surface area contributed by atoms with Gasteiger partial charge in [0.1, 0.15) is 5.69 Å². The van der Waals surface area contributed by atoms with E-state index < -0.39 is 4.92 Å². The SMILES string of the molecule is Cl.O=c1c2ccccc2cnn1-c1cc(N2CCNCC2)ccc1[N+](=O)[O-]. The molecule has 9 heteroatoms. The van der Waals surface area contributed by atoms with Crippen molar-refractivity contribution in [2.75, 3.05) is 31.1 Å². The second-order valence-electron chi connectivity index (χ2n) is 6.12. The standard InChI is InChI=1S/C18H17N5O3.ClH/c24-18-15-4-2-1-3-13(15)12-20-22(18)17-11-14(5-6-16(17)23(25)26)21-9-7-19-8-10-21;/h1-6,11-12,19H,7-10H2;1H. The topological polar surface area (TPSA) is 93.3 Å². The Balaban J connectivity index is 0.00000210. The lowest BCUT2D eigenvalue weighted by atomic mass is 10.2. The van der Waals surface area contributed by atoms with Gasteiger partial charge in [-0.25, -0.2) is 0 Å². The van der Waals surface area contributed by atoms with Crippen molar-refractivity contribution in [3.8, 4) is 5.69 Å². The summed E-state index contributed by atoms with van der Waals surface area (Å²) in [6.45, 7) is 3.30. The molecule has 0 radical (unpaired) electrons. The number of benzene rings is 2. The highest BCUT2D eigenvalue weighted by Crippen LogP contribution is 2.27. The lowest BCUT2D eigenvalue weighted by Gasteiger charge is -2.29. The van der Waals surface area contributed by atoms with E-state index in [0.717, 1.165) is 36.5 Å². The summed E-state index contributed by atoms with van der Waals surface area (Å²) >= 11 is 0. The molecule has 2 heterocycles. The van der Waals surface area contributed by atoms with Gasteiger partial charge in [-0.1, -0.05) is 18.2 Å². The van der Waals surface area contributed by atoms with Gasteiger partial charge in [-0.05, 0) is 18.2 Å². The highest BCUT2D eigenvalue weighted by molar-refractivity contribution is 5.85. The van der Waals surface area contributed by atoms with Crippen LogP contribution >= 0.6 is 12.4 Å². The first kappa shape index (κ1) is 18.8. The third kappa shape index (κ3) is 3.49. The van der Waals surface area contributed by atoms with Gasteiger partial charge in [0.15, 0.2) is 0 Å². The second-order valence-corrected chi connectivity index (χ2v) is 6.12. The van der Waals surface area contributed by atoms with Gasteiger partial charge in [-0.2, -0.15) is 9.78 Å². The minimum absolute atomic E-state index is 0. The summed E-state index contributed by atoms with van der Waals surface area (Å²) in [6.07, 6.45) is 1.55. The van der Waals surface area contributed by atoms with Crippen molar-refractivity contribution in [1.29, 1.82) is 0 Å². The lowest BCUT2D eigenvalue weighted by molar-refractivity contribution is -0.384. The van der Waals surface area contributed by atoms with Gasteiger partial charge in [0.05, 0.1) is 16.5 Å². The first-order valence-corrected chi connectivity index (χ1v) is 8.37. The first-order chi connectivity index (χ1) is 12.6. The predicted octanol–water partition coefficient (Wildman–Crippen LogP) is 2.13. The Morgan fingerprint density at radius 1 is 1.11 bits per heavy atom. The normalized spacial score (nSPS) is 14.0. The van der Waals surface area contributed by atoms with Crippen LogP contribution in [-0.4, -0.2) is 40.9 Å². The van der Waals surface area contributed by atoms with Crippen LogP contribution < -0.4 is 15.8 Å². The molecule has 1 aliphatic rings. The van der Waals surface area contributed by atoms with Gasteiger partial charge in [-0.3, -0.25) is 14.9 Å². The number of rotatable bonds is 3. The molecule has 0 spiro atoms. The van der Waals surface area contributed by atoms with E-state index in [2.05, 4.69) is 15.3 Å². The van der Waals surface area contributed by atoms with E-state index >= 15 is 0 Å². The molecule has 1 aromatic heterocycles. The molecule has 0 amide bonds. The van der Waals surface area contributed by atoms with Crippen LogP contribution in [0.1, 0.15) is 0 Å². The molecular weight excluding hydrogens is 370 g/mol. The molecule has 1 saturated heterocycles. The fraction of sp³-hybridized carbons (Fsp3) is 0.222. The number of hydrogen-bond donors (Lipinski definition) is 1. The molecule has 0 saturated carbocycles. The maximum Gasteiger partial charge on any atom is 0.295 e. The number of nitro groups is 1. The summed E-state index contributed by atoms with van der Waals surface area (Å²) in [5.74, 6) is 0. The molecule has 0 aliphatic carbocycles. The summed E-state index contributed by atoms with van der Waals surface area (Å²) in [7, 11) is 0. The number of nitrogens with zero attached hydrogens (tertiary/aromatic N) is 4. The number of piperazine rings is 1. The lowest BCUT2D eigenvalue weighted by Crippen LogP contribution is -2.43. The Kier molecular flexibility index (Phi) is 5.38. The fourth-order valence-electron chi connectivity index (χ4n) is 3.22. The molecule has 1 fully saturated rings. The quantitative estimate of drug-likeness (QED) is 0.546. The highest BCUT2D eigenvalue weighted by atomic mass is 35.5. The fourth-order valence-corrected chi connectivity index (χ4v) is 3.22. The molecule has 2 aromatic carbocycles. The van der Waals surface area contributed by atoms with Crippen LogP contribution in [-0.2, 0) is 0 Å². The van der Waals surface area contributed by atoms with Gasteiger partial charge in [0.25, 0.3) is 11.2 Å². The van der Waals surface area contributed by atoms with E-state index in [9.17, 15) is 14.9 Å². The number of nitrogens with one attached hydrogen (secondary N) is 1. The molecule has 0 atom stereocenters. The first-order valence-electron chi connectivity index (χ1n) is 8.37. The number of aromatic nitrogens is 2.